The van der Waals surface area contributed by atoms with E-state index in [4.69, 9.17) is 23.2 Å². The Morgan fingerprint density at radius 2 is 1.80 bits per heavy atom. The summed E-state index contributed by atoms with van der Waals surface area (Å²) in [5, 5.41) is 11.3. The van der Waals surface area contributed by atoms with E-state index >= 15 is 0 Å². The molecule has 1 atom stereocenters. The van der Waals surface area contributed by atoms with Gasteiger partial charge in [0.15, 0.2) is 0 Å². The van der Waals surface area contributed by atoms with Crippen molar-refractivity contribution in [1.29, 1.82) is 0 Å². The van der Waals surface area contributed by atoms with Crippen LogP contribution in [0.1, 0.15) is 31.2 Å². The molecule has 0 radical (unpaired) electrons. The van der Waals surface area contributed by atoms with Crippen molar-refractivity contribution in [3.05, 3.63) is 39.9 Å². The highest BCUT2D eigenvalue weighted by Crippen LogP contribution is 2.23. The van der Waals surface area contributed by atoms with Crippen molar-refractivity contribution < 1.29 is 14.7 Å². The molecule has 0 saturated carbocycles. The van der Waals surface area contributed by atoms with Gasteiger partial charge in [0.05, 0.1) is 16.1 Å². The largest absolute Gasteiger partial charge is 0.390 e. The van der Waals surface area contributed by atoms with Gasteiger partial charge >= 0.3 is 0 Å². The Labute approximate surface area is 188 Å². The molecular formula is C22H29Cl2N3O3. The number of amides is 2. The fourth-order valence-electron chi connectivity index (χ4n) is 3.92. The normalized spacial score (nSPS) is 19.9. The predicted octanol–water partition coefficient (Wildman–Crippen LogP) is 2.91. The lowest BCUT2D eigenvalue weighted by molar-refractivity contribution is -0.131. The molecule has 0 spiro atoms. The van der Waals surface area contributed by atoms with Crippen LogP contribution in [0.5, 0.6) is 0 Å². The summed E-state index contributed by atoms with van der Waals surface area (Å²) in [7, 11) is 0. The van der Waals surface area contributed by atoms with E-state index in [2.05, 4.69) is 4.90 Å². The van der Waals surface area contributed by atoms with Crippen molar-refractivity contribution in [3.8, 4) is 0 Å². The van der Waals surface area contributed by atoms with Crippen molar-refractivity contribution >= 4 is 41.1 Å². The van der Waals surface area contributed by atoms with Crippen LogP contribution in [-0.2, 0) is 9.59 Å². The molecule has 1 aromatic carbocycles. The van der Waals surface area contributed by atoms with Crippen LogP contribution in [0.4, 0.5) is 0 Å². The van der Waals surface area contributed by atoms with E-state index in [1.54, 1.807) is 34.1 Å². The first-order valence-corrected chi connectivity index (χ1v) is 11.3. The summed E-state index contributed by atoms with van der Waals surface area (Å²) in [6.07, 6.45) is 6.47. The van der Waals surface area contributed by atoms with Gasteiger partial charge in [-0.3, -0.25) is 9.59 Å². The Bertz CT molecular complexity index is 781. The number of β-amino-alcohol motifs (C(OH)–C–C–N with tert-alkyl or cyclic N) is 1. The molecular weight excluding hydrogens is 425 g/mol. The molecule has 2 saturated heterocycles. The number of nitrogens with zero attached hydrogens (tertiary/aromatic N) is 3. The highest BCUT2D eigenvalue weighted by molar-refractivity contribution is 6.42. The summed E-state index contributed by atoms with van der Waals surface area (Å²) in [5.41, 5.74) is 0.783. The van der Waals surface area contributed by atoms with Crippen LogP contribution in [0.15, 0.2) is 24.3 Å². The Kier molecular flexibility index (Phi) is 8.57. The van der Waals surface area contributed by atoms with E-state index in [-0.39, 0.29) is 18.2 Å². The molecule has 2 aliphatic heterocycles. The van der Waals surface area contributed by atoms with E-state index in [1.807, 2.05) is 0 Å². The van der Waals surface area contributed by atoms with Gasteiger partial charge in [0.2, 0.25) is 11.8 Å². The number of benzene rings is 1. The monoisotopic (exact) mass is 453 g/mol. The first-order valence-electron chi connectivity index (χ1n) is 10.5. The standard InChI is InChI=1S/C22H29Cl2N3O3/c23-19-6-4-17(14-20(19)24)5-7-21(29)26-11-8-22(30)27(13-12-26)16-18(28)15-25-9-2-1-3-10-25/h4-7,14,18,28H,1-3,8-13,15-16H2/b7-5+. The number of aliphatic hydroxyl groups is 1. The molecule has 0 bridgehead atoms. The van der Waals surface area contributed by atoms with Gasteiger partial charge in [0, 0.05) is 45.2 Å². The second kappa shape index (κ2) is 11.1. The van der Waals surface area contributed by atoms with E-state index in [0.717, 1.165) is 18.7 Å². The Balaban J connectivity index is 1.50. The number of hydrogen-bond donors (Lipinski definition) is 1. The zero-order chi connectivity index (χ0) is 21.5. The lowest BCUT2D eigenvalue weighted by Gasteiger charge is -2.30. The van der Waals surface area contributed by atoms with E-state index < -0.39 is 6.10 Å². The molecule has 3 rings (SSSR count). The number of hydrogen-bond acceptors (Lipinski definition) is 4. The highest BCUT2D eigenvalue weighted by atomic mass is 35.5. The highest BCUT2D eigenvalue weighted by Gasteiger charge is 2.25. The molecule has 2 heterocycles. The number of carbonyl (C=O) groups is 2. The second-order valence-electron chi connectivity index (χ2n) is 7.94. The molecule has 2 fully saturated rings. The van der Waals surface area contributed by atoms with Gasteiger partial charge in [0.25, 0.3) is 0 Å². The summed E-state index contributed by atoms with van der Waals surface area (Å²) in [4.78, 5) is 30.7. The van der Waals surface area contributed by atoms with Crippen molar-refractivity contribution in [1.82, 2.24) is 14.7 Å². The molecule has 1 aromatic rings. The Hall–Kier alpha value is -1.60. The number of likely N-dealkylation sites (tertiary alicyclic amines) is 1. The number of rotatable bonds is 6. The molecule has 1 unspecified atom stereocenters. The van der Waals surface area contributed by atoms with Crippen molar-refractivity contribution in [2.24, 2.45) is 0 Å². The molecule has 6 nitrogen and oxygen atoms in total. The summed E-state index contributed by atoms with van der Waals surface area (Å²) < 4.78 is 0. The molecule has 8 heteroatoms. The zero-order valence-electron chi connectivity index (χ0n) is 17.1. The predicted molar refractivity (Wildman–Crippen MR) is 120 cm³/mol. The van der Waals surface area contributed by atoms with Crippen LogP contribution in [-0.4, -0.2) is 83.5 Å². The summed E-state index contributed by atoms with van der Waals surface area (Å²) in [5.74, 6) is -0.166. The maximum Gasteiger partial charge on any atom is 0.246 e. The third-order valence-corrected chi connectivity index (χ3v) is 6.35. The number of halogens is 2. The van der Waals surface area contributed by atoms with Gasteiger partial charge in [-0.1, -0.05) is 35.7 Å². The molecule has 30 heavy (non-hydrogen) atoms. The Morgan fingerprint density at radius 1 is 1.03 bits per heavy atom. The lowest BCUT2D eigenvalue weighted by Crippen LogP contribution is -2.44. The third-order valence-electron chi connectivity index (χ3n) is 5.61. The van der Waals surface area contributed by atoms with Crippen molar-refractivity contribution in [2.45, 2.75) is 31.8 Å². The van der Waals surface area contributed by atoms with Crippen LogP contribution in [0, 0.1) is 0 Å². The SMILES string of the molecule is O=C(/C=C/c1ccc(Cl)c(Cl)c1)N1CCC(=O)N(CC(O)CN2CCCCC2)CC1. The number of piperidine rings is 1. The fourth-order valence-corrected chi connectivity index (χ4v) is 4.23. The average molecular weight is 454 g/mol. The molecule has 0 aromatic heterocycles. The molecule has 1 N–H and O–H groups in total. The van der Waals surface area contributed by atoms with Crippen LogP contribution in [0.3, 0.4) is 0 Å². The minimum Gasteiger partial charge on any atom is -0.390 e. The van der Waals surface area contributed by atoms with Crippen molar-refractivity contribution in [3.63, 3.8) is 0 Å². The van der Waals surface area contributed by atoms with Gasteiger partial charge in [0.1, 0.15) is 0 Å². The van der Waals surface area contributed by atoms with Gasteiger partial charge in [-0.2, -0.15) is 0 Å². The minimum absolute atomic E-state index is 0.0172. The average Bonchev–Trinajstić information content (AvgIpc) is 2.91. The minimum atomic E-state index is -0.566. The quantitative estimate of drug-likeness (QED) is 0.672. The molecule has 164 valence electrons. The smallest absolute Gasteiger partial charge is 0.246 e. The van der Waals surface area contributed by atoms with Gasteiger partial charge in [-0.05, 0) is 49.7 Å². The molecule has 2 amide bonds. The van der Waals surface area contributed by atoms with Crippen LogP contribution in [0.25, 0.3) is 6.08 Å². The fraction of sp³-hybridized carbons (Fsp3) is 0.545. The lowest BCUT2D eigenvalue weighted by atomic mass is 10.1. The van der Waals surface area contributed by atoms with Gasteiger partial charge in [-0.25, -0.2) is 0 Å². The number of carbonyl (C=O) groups excluding carboxylic acids is 2. The maximum absolute atomic E-state index is 12.6. The first kappa shape index (κ1) is 23.1. The van der Waals surface area contributed by atoms with Crippen LogP contribution in [0.2, 0.25) is 10.0 Å². The van der Waals surface area contributed by atoms with Gasteiger partial charge in [-0.15, -0.1) is 0 Å². The van der Waals surface area contributed by atoms with Crippen LogP contribution >= 0.6 is 23.2 Å². The summed E-state index contributed by atoms with van der Waals surface area (Å²) >= 11 is 11.9. The third kappa shape index (κ3) is 6.71. The number of aliphatic hydroxyl groups excluding tert-OH is 1. The van der Waals surface area contributed by atoms with E-state index in [0.29, 0.717) is 42.8 Å². The maximum atomic E-state index is 12.6. The van der Waals surface area contributed by atoms with E-state index in [9.17, 15) is 14.7 Å². The first-order chi connectivity index (χ1) is 14.4. The van der Waals surface area contributed by atoms with E-state index in [1.165, 1.54) is 25.3 Å². The molecule has 0 aliphatic carbocycles. The summed E-state index contributed by atoms with van der Waals surface area (Å²) in [6.45, 7) is 4.20. The van der Waals surface area contributed by atoms with Crippen molar-refractivity contribution in [2.75, 3.05) is 45.8 Å². The molecule has 2 aliphatic rings. The summed E-state index contributed by atoms with van der Waals surface area (Å²) in [6, 6.07) is 5.17. The van der Waals surface area contributed by atoms with Gasteiger partial charge < -0.3 is 19.8 Å². The Morgan fingerprint density at radius 3 is 2.53 bits per heavy atom. The zero-order valence-corrected chi connectivity index (χ0v) is 18.6. The topological polar surface area (TPSA) is 64.1 Å². The second-order valence-corrected chi connectivity index (χ2v) is 8.75. The van der Waals surface area contributed by atoms with Crippen LogP contribution < -0.4 is 0 Å².